The highest BCUT2D eigenvalue weighted by molar-refractivity contribution is 6.37. The Balaban J connectivity index is 2.68. The highest BCUT2D eigenvalue weighted by atomic mass is 35.5. The summed E-state index contributed by atoms with van der Waals surface area (Å²) in [6.45, 7) is 0.541. The van der Waals surface area contributed by atoms with Gasteiger partial charge in [0.15, 0.2) is 0 Å². The molecule has 0 aliphatic rings. The van der Waals surface area contributed by atoms with Gasteiger partial charge in [-0.05, 0) is 23.1 Å². The van der Waals surface area contributed by atoms with E-state index in [0.717, 1.165) is 16.3 Å². The Kier molecular flexibility index (Phi) is 2.80. The fraction of sp³-hybridized carbons (Fsp3) is 0.167. The Bertz CT molecular complexity index is 496. The molecular formula is C12H12ClNO. The van der Waals surface area contributed by atoms with Gasteiger partial charge in [0.05, 0.1) is 12.1 Å². The maximum absolute atomic E-state index is 6.18. The molecule has 2 aromatic rings. The summed E-state index contributed by atoms with van der Waals surface area (Å²) in [5.74, 6) is 0.699. The SMILES string of the molecule is COc1ccc2cc(CN)ccc2c1Cl. The molecule has 0 atom stereocenters. The van der Waals surface area contributed by atoms with E-state index in [1.165, 1.54) is 0 Å². The summed E-state index contributed by atoms with van der Waals surface area (Å²) in [4.78, 5) is 0. The number of halogens is 1. The van der Waals surface area contributed by atoms with Gasteiger partial charge in [0.1, 0.15) is 5.75 Å². The molecule has 0 saturated carbocycles. The zero-order chi connectivity index (χ0) is 10.8. The monoisotopic (exact) mass is 221 g/mol. The molecule has 0 fully saturated rings. The molecule has 0 saturated heterocycles. The van der Waals surface area contributed by atoms with Gasteiger partial charge in [0.2, 0.25) is 0 Å². The van der Waals surface area contributed by atoms with Crippen LogP contribution >= 0.6 is 11.6 Å². The van der Waals surface area contributed by atoms with E-state index in [1.807, 2.05) is 30.3 Å². The van der Waals surface area contributed by atoms with Gasteiger partial charge in [-0.3, -0.25) is 0 Å². The molecule has 2 aromatic carbocycles. The lowest BCUT2D eigenvalue weighted by Crippen LogP contribution is -1.95. The molecule has 0 bridgehead atoms. The average molecular weight is 222 g/mol. The summed E-state index contributed by atoms with van der Waals surface area (Å²) < 4.78 is 5.15. The lowest BCUT2D eigenvalue weighted by atomic mass is 10.1. The van der Waals surface area contributed by atoms with Crippen molar-refractivity contribution < 1.29 is 4.74 Å². The van der Waals surface area contributed by atoms with E-state index in [2.05, 4.69) is 0 Å². The van der Waals surface area contributed by atoms with Crippen LogP contribution in [0.4, 0.5) is 0 Å². The maximum atomic E-state index is 6.18. The number of hydrogen-bond acceptors (Lipinski definition) is 2. The summed E-state index contributed by atoms with van der Waals surface area (Å²) in [6.07, 6.45) is 0. The Labute approximate surface area is 93.6 Å². The molecule has 0 amide bonds. The highest BCUT2D eigenvalue weighted by Crippen LogP contribution is 2.32. The number of ether oxygens (including phenoxy) is 1. The highest BCUT2D eigenvalue weighted by Gasteiger charge is 2.05. The van der Waals surface area contributed by atoms with Crippen molar-refractivity contribution in [1.82, 2.24) is 0 Å². The van der Waals surface area contributed by atoms with Crippen LogP contribution in [0.1, 0.15) is 5.56 Å². The van der Waals surface area contributed by atoms with Gasteiger partial charge in [0, 0.05) is 11.9 Å². The van der Waals surface area contributed by atoms with Crippen LogP contribution in [-0.2, 0) is 6.54 Å². The van der Waals surface area contributed by atoms with Crippen LogP contribution < -0.4 is 10.5 Å². The summed E-state index contributed by atoms with van der Waals surface area (Å²) in [7, 11) is 1.61. The Hall–Kier alpha value is -1.25. The van der Waals surface area contributed by atoms with Crippen molar-refractivity contribution in [3.8, 4) is 5.75 Å². The van der Waals surface area contributed by atoms with Crippen molar-refractivity contribution >= 4 is 22.4 Å². The number of benzene rings is 2. The van der Waals surface area contributed by atoms with Crippen LogP contribution in [0.5, 0.6) is 5.75 Å². The minimum atomic E-state index is 0.541. The van der Waals surface area contributed by atoms with E-state index in [9.17, 15) is 0 Å². The van der Waals surface area contributed by atoms with Crippen molar-refractivity contribution in [2.45, 2.75) is 6.54 Å². The summed E-state index contributed by atoms with van der Waals surface area (Å²) in [5.41, 5.74) is 6.68. The second-order valence-corrected chi connectivity index (χ2v) is 3.72. The third kappa shape index (κ3) is 1.78. The van der Waals surface area contributed by atoms with Gasteiger partial charge < -0.3 is 10.5 Å². The van der Waals surface area contributed by atoms with E-state index in [4.69, 9.17) is 22.1 Å². The molecule has 0 radical (unpaired) electrons. The molecule has 78 valence electrons. The van der Waals surface area contributed by atoms with Crippen molar-refractivity contribution in [3.63, 3.8) is 0 Å². The van der Waals surface area contributed by atoms with Crippen molar-refractivity contribution in [1.29, 1.82) is 0 Å². The third-order valence-corrected chi connectivity index (χ3v) is 2.83. The first kappa shape index (κ1) is 10.3. The zero-order valence-electron chi connectivity index (χ0n) is 8.46. The van der Waals surface area contributed by atoms with Gasteiger partial charge in [0.25, 0.3) is 0 Å². The topological polar surface area (TPSA) is 35.2 Å². The van der Waals surface area contributed by atoms with Gasteiger partial charge >= 0.3 is 0 Å². The van der Waals surface area contributed by atoms with Crippen LogP contribution in [0.3, 0.4) is 0 Å². The Morgan fingerprint density at radius 3 is 2.73 bits per heavy atom. The average Bonchev–Trinajstić information content (AvgIpc) is 2.29. The van der Waals surface area contributed by atoms with Gasteiger partial charge in [-0.25, -0.2) is 0 Å². The van der Waals surface area contributed by atoms with Crippen molar-refractivity contribution in [2.75, 3.05) is 7.11 Å². The minimum Gasteiger partial charge on any atom is -0.495 e. The first-order valence-electron chi connectivity index (χ1n) is 4.71. The Morgan fingerprint density at radius 1 is 1.27 bits per heavy atom. The van der Waals surface area contributed by atoms with Gasteiger partial charge in [-0.1, -0.05) is 29.8 Å². The maximum Gasteiger partial charge on any atom is 0.138 e. The largest absolute Gasteiger partial charge is 0.495 e. The zero-order valence-corrected chi connectivity index (χ0v) is 9.21. The Morgan fingerprint density at radius 2 is 2.07 bits per heavy atom. The lowest BCUT2D eigenvalue weighted by molar-refractivity contribution is 0.415. The van der Waals surface area contributed by atoms with E-state index < -0.39 is 0 Å². The summed E-state index contributed by atoms with van der Waals surface area (Å²) >= 11 is 6.18. The smallest absolute Gasteiger partial charge is 0.138 e. The number of fused-ring (bicyclic) bond motifs is 1. The van der Waals surface area contributed by atoms with Gasteiger partial charge in [-0.2, -0.15) is 0 Å². The van der Waals surface area contributed by atoms with E-state index in [-0.39, 0.29) is 0 Å². The predicted molar refractivity (Wildman–Crippen MR) is 63.4 cm³/mol. The van der Waals surface area contributed by atoms with Crippen LogP contribution in [-0.4, -0.2) is 7.11 Å². The number of nitrogens with two attached hydrogens (primary N) is 1. The molecule has 0 spiro atoms. The van der Waals surface area contributed by atoms with E-state index in [1.54, 1.807) is 7.11 Å². The predicted octanol–water partition coefficient (Wildman–Crippen LogP) is 2.96. The lowest BCUT2D eigenvalue weighted by Gasteiger charge is -2.07. The van der Waals surface area contributed by atoms with E-state index >= 15 is 0 Å². The standard InChI is InChI=1S/C12H12ClNO/c1-15-11-5-3-9-6-8(7-14)2-4-10(9)12(11)13/h2-6H,7,14H2,1H3. The fourth-order valence-corrected chi connectivity index (χ4v) is 1.92. The van der Waals surface area contributed by atoms with Crippen molar-refractivity contribution in [2.24, 2.45) is 5.73 Å². The summed E-state index contributed by atoms with van der Waals surface area (Å²) in [5, 5.41) is 2.73. The molecule has 2 N–H and O–H groups in total. The van der Waals surface area contributed by atoms with E-state index in [0.29, 0.717) is 17.3 Å². The molecule has 0 heterocycles. The van der Waals surface area contributed by atoms with Crippen molar-refractivity contribution in [3.05, 3.63) is 40.9 Å². The normalized spacial score (nSPS) is 10.6. The first-order valence-corrected chi connectivity index (χ1v) is 5.09. The first-order chi connectivity index (χ1) is 7.26. The second kappa shape index (κ2) is 4.09. The molecule has 15 heavy (non-hydrogen) atoms. The molecular weight excluding hydrogens is 210 g/mol. The molecule has 0 aliphatic carbocycles. The third-order valence-electron chi connectivity index (χ3n) is 2.44. The molecule has 2 nitrogen and oxygen atoms in total. The molecule has 0 aliphatic heterocycles. The number of hydrogen-bond donors (Lipinski definition) is 1. The van der Waals surface area contributed by atoms with Crippen LogP contribution in [0.15, 0.2) is 30.3 Å². The van der Waals surface area contributed by atoms with Crippen LogP contribution in [0.2, 0.25) is 5.02 Å². The molecule has 2 rings (SSSR count). The molecule has 3 heteroatoms. The minimum absolute atomic E-state index is 0.541. The summed E-state index contributed by atoms with van der Waals surface area (Å²) in [6, 6.07) is 9.85. The second-order valence-electron chi connectivity index (χ2n) is 3.34. The van der Waals surface area contributed by atoms with Gasteiger partial charge in [-0.15, -0.1) is 0 Å². The fourth-order valence-electron chi connectivity index (χ4n) is 1.61. The quantitative estimate of drug-likeness (QED) is 0.846. The molecule has 0 aromatic heterocycles. The van der Waals surface area contributed by atoms with Crippen LogP contribution in [0.25, 0.3) is 10.8 Å². The van der Waals surface area contributed by atoms with Crippen LogP contribution in [0, 0.1) is 0 Å². The number of methoxy groups -OCH3 is 1. The number of rotatable bonds is 2. The molecule has 0 unspecified atom stereocenters.